The van der Waals surface area contributed by atoms with Crippen molar-refractivity contribution in [3.05, 3.63) is 32.8 Å². The SMILES string of the molecule is CC(=O)N(C)c1c(I)cc(I)c(COCC(CNCCN)N=[N+]=[N-])c1I. The fourth-order valence-electron chi connectivity index (χ4n) is 2.09. The summed E-state index contributed by atoms with van der Waals surface area (Å²) < 4.78 is 8.87. The number of carbonyl (C=O) groups is 1. The maximum atomic E-state index is 11.8. The van der Waals surface area contributed by atoms with Gasteiger partial charge < -0.3 is 20.7 Å². The van der Waals surface area contributed by atoms with E-state index in [4.69, 9.17) is 16.0 Å². The molecule has 1 aromatic rings. The smallest absolute Gasteiger partial charge is 0.223 e. The normalized spacial score (nSPS) is 11.8. The average Bonchev–Trinajstić information content (AvgIpc) is 2.57. The van der Waals surface area contributed by atoms with E-state index in [1.165, 1.54) is 0 Å². The maximum Gasteiger partial charge on any atom is 0.223 e. The summed E-state index contributed by atoms with van der Waals surface area (Å²) in [5.74, 6) is -0.0247. The molecule has 0 bridgehead atoms. The minimum atomic E-state index is -0.301. The molecule has 3 N–H and O–H groups in total. The first kappa shape index (κ1) is 24.1. The van der Waals surface area contributed by atoms with Crippen molar-refractivity contribution in [1.82, 2.24) is 5.32 Å². The van der Waals surface area contributed by atoms with Gasteiger partial charge in [-0.15, -0.1) is 0 Å². The summed E-state index contributed by atoms with van der Waals surface area (Å²) in [7, 11) is 1.76. The van der Waals surface area contributed by atoms with Crippen LogP contribution in [0.15, 0.2) is 11.2 Å². The fraction of sp³-hybridized carbons (Fsp3) is 0.533. The molecule has 0 radical (unpaired) electrons. The minimum absolute atomic E-state index is 0.0247. The van der Waals surface area contributed by atoms with E-state index in [0.717, 1.165) is 22.0 Å². The van der Waals surface area contributed by atoms with Crippen LogP contribution in [-0.2, 0) is 16.1 Å². The lowest BCUT2D eigenvalue weighted by atomic mass is 10.2. The third-order valence-electron chi connectivity index (χ3n) is 3.52. The molecule has 0 fully saturated rings. The predicted octanol–water partition coefficient (Wildman–Crippen LogP) is 3.23. The Hall–Kier alpha value is 0.0700. The van der Waals surface area contributed by atoms with Gasteiger partial charge in [0.1, 0.15) is 0 Å². The lowest BCUT2D eigenvalue weighted by Crippen LogP contribution is -2.32. The molecule has 0 saturated heterocycles. The summed E-state index contributed by atoms with van der Waals surface area (Å²) in [6.45, 7) is 3.91. The van der Waals surface area contributed by atoms with E-state index < -0.39 is 0 Å². The van der Waals surface area contributed by atoms with Gasteiger partial charge >= 0.3 is 0 Å². The van der Waals surface area contributed by atoms with Gasteiger partial charge in [0.25, 0.3) is 0 Å². The third-order valence-corrected chi connectivity index (χ3v) is 6.47. The number of nitrogens with zero attached hydrogens (tertiary/aromatic N) is 4. The summed E-state index contributed by atoms with van der Waals surface area (Å²) in [6.07, 6.45) is 0. The van der Waals surface area contributed by atoms with Crippen LogP contribution in [0.3, 0.4) is 0 Å². The Morgan fingerprint density at radius 3 is 2.73 bits per heavy atom. The van der Waals surface area contributed by atoms with Crippen LogP contribution < -0.4 is 16.0 Å². The molecule has 0 aliphatic carbocycles. The second-order valence-electron chi connectivity index (χ2n) is 5.43. The number of halogens is 3. The van der Waals surface area contributed by atoms with E-state index >= 15 is 0 Å². The fourth-order valence-corrected chi connectivity index (χ4v) is 6.50. The highest BCUT2D eigenvalue weighted by molar-refractivity contribution is 14.1. The van der Waals surface area contributed by atoms with E-state index in [2.05, 4.69) is 83.1 Å². The molecule has 1 atom stereocenters. The van der Waals surface area contributed by atoms with Gasteiger partial charge in [0, 0.05) is 54.8 Å². The number of nitrogens with one attached hydrogen (secondary N) is 1. The Bertz CT molecular complexity index is 682. The molecule has 26 heavy (non-hydrogen) atoms. The number of anilines is 1. The highest BCUT2D eigenvalue weighted by Crippen LogP contribution is 2.34. The second kappa shape index (κ2) is 12.5. The van der Waals surface area contributed by atoms with E-state index in [9.17, 15) is 4.79 Å². The molecular weight excluding hydrogens is 677 g/mol. The van der Waals surface area contributed by atoms with Gasteiger partial charge in [-0.05, 0) is 79.4 Å². The first-order valence-electron chi connectivity index (χ1n) is 7.76. The monoisotopic (exact) mass is 698 g/mol. The van der Waals surface area contributed by atoms with Gasteiger partial charge in [0.2, 0.25) is 5.91 Å². The van der Waals surface area contributed by atoms with Crippen LogP contribution in [0.1, 0.15) is 12.5 Å². The number of hydrogen-bond acceptors (Lipinski definition) is 5. The summed E-state index contributed by atoms with van der Waals surface area (Å²) >= 11 is 6.76. The maximum absolute atomic E-state index is 11.8. The van der Waals surface area contributed by atoms with Gasteiger partial charge in [0.15, 0.2) is 0 Å². The number of amides is 1. The van der Waals surface area contributed by atoms with Crippen LogP contribution in [0.2, 0.25) is 0 Å². The number of hydrogen-bond donors (Lipinski definition) is 2. The largest absolute Gasteiger partial charge is 0.376 e. The molecule has 144 valence electrons. The lowest BCUT2D eigenvalue weighted by Gasteiger charge is -2.22. The second-order valence-corrected chi connectivity index (χ2v) is 8.83. The Morgan fingerprint density at radius 1 is 1.46 bits per heavy atom. The first-order chi connectivity index (χ1) is 12.3. The van der Waals surface area contributed by atoms with Crippen LogP contribution in [0.4, 0.5) is 5.69 Å². The van der Waals surface area contributed by atoms with E-state index in [1.54, 1.807) is 18.9 Å². The number of rotatable bonds is 10. The van der Waals surface area contributed by atoms with Crippen LogP contribution in [0.25, 0.3) is 10.4 Å². The first-order valence-corrected chi connectivity index (χ1v) is 11.0. The van der Waals surface area contributed by atoms with Crippen LogP contribution >= 0.6 is 67.8 Å². The Balaban J connectivity index is 2.87. The molecule has 0 spiro atoms. The van der Waals surface area contributed by atoms with Crippen molar-refractivity contribution >= 4 is 79.4 Å². The number of azide groups is 1. The number of nitrogens with two attached hydrogens (primary N) is 1. The lowest BCUT2D eigenvalue weighted by molar-refractivity contribution is -0.116. The van der Waals surface area contributed by atoms with Crippen molar-refractivity contribution in [2.75, 3.05) is 38.2 Å². The van der Waals surface area contributed by atoms with Gasteiger partial charge in [-0.3, -0.25) is 4.79 Å². The van der Waals surface area contributed by atoms with Gasteiger partial charge in [-0.25, -0.2) is 0 Å². The summed E-state index contributed by atoms with van der Waals surface area (Å²) in [5.41, 5.74) is 16.0. The van der Waals surface area contributed by atoms with E-state index in [1.807, 2.05) is 6.07 Å². The molecule has 1 amide bonds. The Labute approximate surface area is 194 Å². The summed E-state index contributed by atoms with van der Waals surface area (Å²) in [6, 6.07) is 1.73. The Kier molecular flexibility index (Phi) is 11.6. The van der Waals surface area contributed by atoms with Crippen LogP contribution in [-0.4, -0.2) is 45.2 Å². The molecule has 0 saturated carbocycles. The van der Waals surface area contributed by atoms with Crippen molar-refractivity contribution in [3.8, 4) is 0 Å². The highest BCUT2D eigenvalue weighted by atomic mass is 127. The molecule has 1 unspecified atom stereocenters. The van der Waals surface area contributed by atoms with Gasteiger partial charge in [-0.2, -0.15) is 0 Å². The Morgan fingerprint density at radius 2 is 2.15 bits per heavy atom. The topological polar surface area (TPSA) is 116 Å². The standard InChI is InChI=1S/C15H21I3N6O2/c1-9(25)24(2)15-13(17)5-12(16)11(14(15)18)8-26-7-10(22-23-20)6-21-4-3-19/h5,10,21H,3-4,6-8,19H2,1-2H3. The molecule has 0 aromatic heterocycles. The molecule has 1 aromatic carbocycles. The van der Waals surface area contributed by atoms with E-state index in [-0.39, 0.29) is 11.9 Å². The van der Waals surface area contributed by atoms with Gasteiger partial charge in [-0.1, -0.05) is 5.11 Å². The minimum Gasteiger partial charge on any atom is -0.376 e. The van der Waals surface area contributed by atoms with E-state index in [0.29, 0.717) is 32.8 Å². The van der Waals surface area contributed by atoms with Crippen LogP contribution in [0, 0.1) is 10.7 Å². The zero-order chi connectivity index (χ0) is 19.7. The van der Waals surface area contributed by atoms with Gasteiger partial charge in [0.05, 0.1) is 24.9 Å². The van der Waals surface area contributed by atoms with Crippen molar-refractivity contribution < 1.29 is 9.53 Å². The van der Waals surface area contributed by atoms with Crippen molar-refractivity contribution in [2.24, 2.45) is 10.8 Å². The molecule has 0 aliphatic heterocycles. The molecule has 8 nitrogen and oxygen atoms in total. The van der Waals surface area contributed by atoms with Crippen molar-refractivity contribution in [1.29, 1.82) is 0 Å². The number of benzene rings is 1. The van der Waals surface area contributed by atoms with Crippen molar-refractivity contribution in [2.45, 2.75) is 19.6 Å². The molecule has 1 rings (SSSR count). The van der Waals surface area contributed by atoms with Crippen molar-refractivity contribution in [3.63, 3.8) is 0 Å². The molecule has 0 heterocycles. The highest BCUT2D eigenvalue weighted by Gasteiger charge is 2.19. The number of ether oxygens (including phenoxy) is 1. The third kappa shape index (κ3) is 7.24. The summed E-state index contributed by atoms with van der Waals surface area (Å²) in [5, 5.41) is 6.87. The predicted molar refractivity (Wildman–Crippen MR) is 128 cm³/mol. The van der Waals surface area contributed by atoms with Crippen LogP contribution in [0.5, 0.6) is 0 Å². The number of carbonyl (C=O) groups excluding carboxylic acids is 1. The quantitative estimate of drug-likeness (QED) is 0.129. The average molecular weight is 698 g/mol. The zero-order valence-electron chi connectivity index (χ0n) is 14.5. The molecular formula is C15H21I3N6O2. The molecule has 11 heteroatoms. The summed E-state index contributed by atoms with van der Waals surface area (Å²) in [4.78, 5) is 16.3. The molecule has 0 aliphatic rings. The zero-order valence-corrected chi connectivity index (χ0v) is 21.0.